The minimum absolute atomic E-state index is 0.0805. The molecule has 20 heavy (non-hydrogen) atoms. The normalized spacial score (nSPS) is 11.4. The molecule has 2 rings (SSSR count). The number of hydrogen-bond donors (Lipinski definition) is 3. The fourth-order valence-corrected chi connectivity index (χ4v) is 2.94. The maximum Gasteiger partial charge on any atom is 0.337 e. The summed E-state index contributed by atoms with van der Waals surface area (Å²) in [7, 11) is -3.74. The SMILES string of the molecule is O=C(O)c1ccc(S(=O)(=O)NCc2cc[nH]c2)cc1Cl. The molecule has 0 saturated heterocycles. The third kappa shape index (κ3) is 3.19. The molecule has 0 fully saturated rings. The monoisotopic (exact) mass is 314 g/mol. The molecule has 3 N–H and O–H groups in total. The maximum absolute atomic E-state index is 12.0. The predicted octanol–water partition coefficient (Wildman–Crippen LogP) is 1.84. The number of benzene rings is 1. The third-order valence-corrected chi connectivity index (χ3v) is 4.32. The number of carbonyl (C=O) groups is 1. The number of halogens is 1. The zero-order chi connectivity index (χ0) is 14.8. The molecule has 0 saturated carbocycles. The van der Waals surface area contributed by atoms with Crippen LogP contribution in [-0.2, 0) is 16.6 Å². The first-order valence-electron chi connectivity index (χ1n) is 5.54. The third-order valence-electron chi connectivity index (χ3n) is 2.61. The van der Waals surface area contributed by atoms with E-state index in [4.69, 9.17) is 16.7 Å². The van der Waals surface area contributed by atoms with Crippen molar-refractivity contribution in [2.75, 3.05) is 0 Å². The molecule has 106 valence electrons. The van der Waals surface area contributed by atoms with Crippen LogP contribution in [0.25, 0.3) is 0 Å². The van der Waals surface area contributed by atoms with E-state index < -0.39 is 16.0 Å². The molecule has 1 heterocycles. The predicted molar refractivity (Wildman–Crippen MR) is 73.2 cm³/mol. The number of H-pyrrole nitrogens is 1. The zero-order valence-electron chi connectivity index (χ0n) is 10.1. The van der Waals surface area contributed by atoms with Crippen LogP contribution in [0.4, 0.5) is 0 Å². The van der Waals surface area contributed by atoms with Crippen molar-refractivity contribution >= 4 is 27.6 Å². The Kier molecular flexibility index (Phi) is 4.12. The fraction of sp³-hybridized carbons (Fsp3) is 0.0833. The second kappa shape index (κ2) is 5.66. The lowest BCUT2D eigenvalue weighted by atomic mass is 10.2. The fourth-order valence-electron chi connectivity index (χ4n) is 1.57. The van der Waals surface area contributed by atoms with E-state index in [1.165, 1.54) is 6.07 Å². The first kappa shape index (κ1) is 14.6. The van der Waals surface area contributed by atoms with E-state index in [0.717, 1.165) is 17.7 Å². The second-order valence-electron chi connectivity index (χ2n) is 3.99. The summed E-state index contributed by atoms with van der Waals surface area (Å²) in [4.78, 5) is 13.5. The van der Waals surface area contributed by atoms with E-state index in [2.05, 4.69) is 9.71 Å². The lowest BCUT2D eigenvalue weighted by Gasteiger charge is -2.07. The number of aromatic carboxylic acids is 1. The van der Waals surface area contributed by atoms with Crippen molar-refractivity contribution in [2.24, 2.45) is 0 Å². The van der Waals surface area contributed by atoms with Gasteiger partial charge in [-0.25, -0.2) is 17.9 Å². The molecular weight excluding hydrogens is 304 g/mol. The number of aromatic nitrogens is 1. The molecule has 1 aromatic carbocycles. The number of carboxylic acids is 1. The summed E-state index contributed by atoms with van der Waals surface area (Å²) in [5.74, 6) is -1.21. The highest BCUT2D eigenvalue weighted by molar-refractivity contribution is 7.89. The Balaban J connectivity index is 2.21. The molecule has 0 atom stereocenters. The van der Waals surface area contributed by atoms with Gasteiger partial charge in [0.15, 0.2) is 0 Å². The van der Waals surface area contributed by atoms with Gasteiger partial charge < -0.3 is 10.1 Å². The average Bonchev–Trinajstić information content (AvgIpc) is 2.89. The largest absolute Gasteiger partial charge is 0.478 e. The Morgan fingerprint density at radius 2 is 2.10 bits per heavy atom. The minimum atomic E-state index is -3.74. The van der Waals surface area contributed by atoms with Gasteiger partial charge in [0.1, 0.15) is 0 Å². The molecule has 8 heteroatoms. The highest BCUT2D eigenvalue weighted by Crippen LogP contribution is 2.21. The van der Waals surface area contributed by atoms with Crippen molar-refractivity contribution in [3.05, 3.63) is 52.8 Å². The average molecular weight is 315 g/mol. The lowest BCUT2D eigenvalue weighted by molar-refractivity contribution is 0.0697. The molecule has 1 aromatic heterocycles. The molecule has 2 aromatic rings. The Hall–Kier alpha value is -1.83. The molecule has 0 aliphatic carbocycles. The van der Waals surface area contributed by atoms with Crippen LogP contribution >= 0.6 is 11.6 Å². The molecule has 0 amide bonds. The molecule has 0 spiro atoms. The van der Waals surface area contributed by atoms with Gasteiger partial charge in [0.2, 0.25) is 10.0 Å². The number of rotatable bonds is 5. The smallest absolute Gasteiger partial charge is 0.337 e. The Bertz CT molecular complexity index is 726. The van der Waals surface area contributed by atoms with Crippen molar-refractivity contribution in [2.45, 2.75) is 11.4 Å². The van der Waals surface area contributed by atoms with Gasteiger partial charge in [0.05, 0.1) is 15.5 Å². The number of carboxylic acid groups (broad SMARTS) is 1. The van der Waals surface area contributed by atoms with Crippen LogP contribution in [0.1, 0.15) is 15.9 Å². The van der Waals surface area contributed by atoms with E-state index in [0.29, 0.717) is 0 Å². The second-order valence-corrected chi connectivity index (χ2v) is 6.16. The molecule has 0 bridgehead atoms. The highest BCUT2D eigenvalue weighted by atomic mass is 35.5. The van der Waals surface area contributed by atoms with Crippen LogP contribution < -0.4 is 4.72 Å². The molecule has 0 unspecified atom stereocenters. The topological polar surface area (TPSA) is 99.3 Å². The number of sulfonamides is 1. The number of aromatic amines is 1. The van der Waals surface area contributed by atoms with E-state index in [-0.39, 0.29) is 22.0 Å². The van der Waals surface area contributed by atoms with Crippen molar-refractivity contribution in [1.82, 2.24) is 9.71 Å². The standard InChI is InChI=1S/C12H11ClN2O4S/c13-11-5-9(1-2-10(11)12(16)17)20(18,19)15-7-8-3-4-14-6-8/h1-6,14-15H,7H2,(H,16,17). The van der Waals surface area contributed by atoms with Gasteiger partial charge in [-0.1, -0.05) is 11.6 Å². The zero-order valence-corrected chi connectivity index (χ0v) is 11.7. The first-order valence-corrected chi connectivity index (χ1v) is 7.40. The van der Waals surface area contributed by atoms with Gasteiger partial charge in [-0.15, -0.1) is 0 Å². The molecule has 0 aliphatic heterocycles. The van der Waals surface area contributed by atoms with Crippen LogP contribution in [0.3, 0.4) is 0 Å². The Labute approximate surface area is 120 Å². The van der Waals surface area contributed by atoms with E-state index >= 15 is 0 Å². The van der Waals surface area contributed by atoms with Crippen LogP contribution in [0.5, 0.6) is 0 Å². The summed E-state index contributed by atoms with van der Waals surface area (Å²) in [5, 5.41) is 8.71. The molecular formula is C12H11ClN2O4S. The summed E-state index contributed by atoms with van der Waals surface area (Å²) < 4.78 is 26.5. The van der Waals surface area contributed by atoms with Crippen molar-refractivity contribution in [3.63, 3.8) is 0 Å². The van der Waals surface area contributed by atoms with E-state index in [1.54, 1.807) is 18.5 Å². The van der Waals surface area contributed by atoms with Gasteiger partial charge in [0.25, 0.3) is 0 Å². The van der Waals surface area contributed by atoms with E-state index in [9.17, 15) is 13.2 Å². The van der Waals surface area contributed by atoms with Crippen LogP contribution in [-0.4, -0.2) is 24.5 Å². The maximum atomic E-state index is 12.0. The minimum Gasteiger partial charge on any atom is -0.478 e. The van der Waals surface area contributed by atoms with Gasteiger partial charge in [-0.3, -0.25) is 0 Å². The Morgan fingerprint density at radius 1 is 1.35 bits per heavy atom. The summed E-state index contributed by atoms with van der Waals surface area (Å²) >= 11 is 5.75. The quantitative estimate of drug-likeness (QED) is 0.784. The van der Waals surface area contributed by atoms with Gasteiger partial charge in [-0.2, -0.15) is 0 Å². The van der Waals surface area contributed by atoms with E-state index in [1.807, 2.05) is 0 Å². The Morgan fingerprint density at radius 3 is 2.65 bits per heavy atom. The molecule has 0 radical (unpaired) electrons. The molecule has 0 aliphatic rings. The lowest BCUT2D eigenvalue weighted by Crippen LogP contribution is -2.23. The van der Waals surface area contributed by atoms with Gasteiger partial charge in [-0.05, 0) is 29.8 Å². The first-order chi connectivity index (χ1) is 9.40. The van der Waals surface area contributed by atoms with Crippen LogP contribution in [0.15, 0.2) is 41.6 Å². The molecule has 6 nitrogen and oxygen atoms in total. The van der Waals surface area contributed by atoms with Crippen molar-refractivity contribution < 1.29 is 18.3 Å². The summed E-state index contributed by atoms with van der Waals surface area (Å²) in [6.07, 6.45) is 3.35. The summed E-state index contributed by atoms with van der Waals surface area (Å²) in [6, 6.07) is 5.22. The summed E-state index contributed by atoms with van der Waals surface area (Å²) in [6.45, 7) is 0.129. The van der Waals surface area contributed by atoms with Gasteiger partial charge in [0, 0.05) is 18.9 Å². The summed E-state index contributed by atoms with van der Waals surface area (Å²) in [5.41, 5.74) is 0.637. The van der Waals surface area contributed by atoms with Gasteiger partial charge >= 0.3 is 5.97 Å². The highest BCUT2D eigenvalue weighted by Gasteiger charge is 2.17. The van der Waals surface area contributed by atoms with Crippen molar-refractivity contribution in [1.29, 1.82) is 0 Å². The van der Waals surface area contributed by atoms with Crippen LogP contribution in [0.2, 0.25) is 5.02 Å². The van der Waals surface area contributed by atoms with Crippen LogP contribution in [0, 0.1) is 0 Å². The number of nitrogens with one attached hydrogen (secondary N) is 2. The number of hydrogen-bond acceptors (Lipinski definition) is 3. The van der Waals surface area contributed by atoms with Crippen molar-refractivity contribution in [3.8, 4) is 0 Å².